The standard InChI is InChI=1S/C25H32N4O3/c1-20(30)28-13-15-29(16-14-28)24(31)11-12-26-25(32)23-10-6-9-22(17-23)19-27(2)18-21-7-4-3-5-8-21/h3-10,17H,11-16,18-19H2,1-2H3,(H,26,32). The number of carbonyl (C=O) groups excluding carboxylic acids is 3. The van der Waals surface area contributed by atoms with Crippen molar-refractivity contribution in [1.82, 2.24) is 20.0 Å². The molecule has 3 rings (SSSR count). The molecule has 1 N–H and O–H groups in total. The zero-order valence-electron chi connectivity index (χ0n) is 18.9. The number of nitrogens with one attached hydrogen (secondary N) is 1. The average Bonchev–Trinajstić information content (AvgIpc) is 2.79. The van der Waals surface area contributed by atoms with Gasteiger partial charge in [-0.25, -0.2) is 0 Å². The van der Waals surface area contributed by atoms with Crippen LogP contribution in [0.2, 0.25) is 0 Å². The highest BCUT2D eigenvalue weighted by Gasteiger charge is 2.22. The second kappa shape index (κ2) is 11.4. The molecule has 0 radical (unpaired) electrons. The first-order valence-electron chi connectivity index (χ1n) is 11.1. The highest BCUT2D eigenvalue weighted by molar-refractivity contribution is 5.94. The van der Waals surface area contributed by atoms with E-state index in [-0.39, 0.29) is 24.1 Å². The van der Waals surface area contributed by atoms with E-state index in [0.29, 0.717) is 38.3 Å². The molecule has 0 atom stereocenters. The SMILES string of the molecule is CC(=O)N1CCN(C(=O)CCNC(=O)c2cccc(CN(C)Cc3ccccc3)c2)CC1. The zero-order chi connectivity index (χ0) is 22.9. The van der Waals surface area contributed by atoms with E-state index in [4.69, 9.17) is 0 Å². The van der Waals surface area contributed by atoms with Gasteiger partial charge in [-0.15, -0.1) is 0 Å². The maximum atomic E-state index is 12.6. The molecule has 0 aliphatic carbocycles. The van der Waals surface area contributed by atoms with Crippen LogP contribution in [0.4, 0.5) is 0 Å². The van der Waals surface area contributed by atoms with Gasteiger partial charge in [0.25, 0.3) is 5.91 Å². The summed E-state index contributed by atoms with van der Waals surface area (Å²) < 4.78 is 0. The van der Waals surface area contributed by atoms with E-state index >= 15 is 0 Å². The molecule has 1 heterocycles. The number of hydrogen-bond donors (Lipinski definition) is 1. The van der Waals surface area contributed by atoms with Gasteiger partial charge in [-0.1, -0.05) is 42.5 Å². The Morgan fingerprint density at radius 3 is 2.19 bits per heavy atom. The lowest BCUT2D eigenvalue weighted by atomic mass is 10.1. The van der Waals surface area contributed by atoms with Crippen molar-refractivity contribution >= 4 is 17.7 Å². The fourth-order valence-electron chi connectivity index (χ4n) is 3.89. The highest BCUT2D eigenvalue weighted by atomic mass is 16.2. The molecular weight excluding hydrogens is 404 g/mol. The van der Waals surface area contributed by atoms with Gasteiger partial charge in [0.2, 0.25) is 11.8 Å². The number of amides is 3. The largest absolute Gasteiger partial charge is 0.352 e. The number of carbonyl (C=O) groups is 3. The first-order valence-corrected chi connectivity index (χ1v) is 11.1. The molecule has 0 bridgehead atoms. The molecule has 1 aliphatic heterocycles. The van der Waals surface area contributed by atoms with Gasteiger partial charge in [-0.2, -0.15) is 0 Å². The zero-order valence-corrected chi connectivity index (χ0v) is 18.9. The molecule has 0 aromatic heterocycles. The van der Waals surface area contributed by atoms with Gasteiger partial charge in [0.15, 0.2) is 0 Å². The van der Waals surface area contributed by atoms with Crippen molar-refractivity contribution in [3.63, 3.8) is 0 Å². The van der Waals surface area contributed by atoms with E-state index in [1.807, 2.05) is 36.4 Å². The van der Waals surface area contributed by atoms with E-state index in [1.54, 1.807) is 22.8 Å². The lowest BCUT2D eigenvalue weighted by Crippen LogP contribution is -2.50. The average molecular weight is 437 g/mol. The number of piperazine rings is 1. The second-order valence-corrected chi connectivity index (χ2v) is 8.25. The third-order valence-electron chi connectivity index (χ3n) is 5.64. The Morgan fingerprint density at radius 2 is 1.50 bits per heavy atom. The van der Waals surface area contributed by atoms with Crippen molar-refractivity contribution < 1.29 is 14.4 Å². The van der Waals surface area contributed by atoms with Crippen LogP contribution in [-0.4, -0.2) is 72.2 Å². The minimum Gasteiger partial charge on any atom is -0.352 e. The van der Waals surface area contributed by atoms with E-state index in [2.05, 4.69) is 29.4 Å². The Bertz CT molecular complexity index is 924. The highest BCUT2D eigenvalue weighted by Crippen LogP contribution is 2.11. The summed E-state index contributed by atoms with van der Waals surface area (Å²) in [4.78, 5) is 42.0. The van der Waals surface area contributed by atoms with Crippen molar-refractivity contribution in [2.24, 2.45) is 0 Å². The summed E-state index contributed by atoms with van der Waals surface area (Å²) in [6, 6.07) is 17.9. The first kappa shape index (κ1) is 23.5. The van der Waals surface area contributed by atoms with Gasteiger partial charge in [-0.3, -0.25) is 19.3 Å². The van der Waals surface area contributed by atoms with Crippen LogP contribution in [0.5, 0.6) is 0 Å². The van der Waals surface area contributed by atoms with Gasteiger partial charge < -0.3 is 15.1 Å². The first-order chi connectivity index (χ1) is 15.4. The van der Waals surface area contributed by atoms with Crippen LogP contribution in [0, 0.1) is 0 Å². The maximum absolute atomic E-state index is 12.6. The predicted octanol–water partition coefficient (Wildman–Crippen LogP) is 2.13. The molecule has 0 spiro atoms. The van der Waals surface area contributed by atoms with Gasteiger partial charge >= 0.3 is 0 Å². The van der Waals surface area contributed by atoms with Gasteiger partial charge in [0.05, 0.1) is 0 Å². The van der Waals surface area contributed by atoms with Crippen LogP contribution in [-0.2, 0) is 22.7 Å². The number of rotatable bonds is 8. The molecule has 1 saturated heterocycles. The second-order valence-electron chi connectivity index (χ2n) is 8.25. The fourth-order valence-corrected chi connectivity index (χ4v) is 3.89. The summed E-state index contributed by atoms with van der Waals surface area (Å²) in [6.07, 6.45) is 0.255. The Hall–Kier alpha value is -3.19. The third kappa shape index (κ3) is 6.92. The van der Waals surface area contributed by atoms with Crippen molar-refractivity contribution in [3.8, 4) is 0 Å². The van der Waals surface area contributed by atoms with Crippen molar-refractivity contribution in [3.05, 3.63) is 71.3 Å². The molecule has 0 unspecified atom stereocenters. The van der Waals surface area contributed by atoms with Crippen molar-refractivity contribution in [1.29, 1.82) is 0 Å². The molecule has 1 aliphatic rings. The van der Waals surface area contributed by atoms with Crippen LogP contribution in [0.1, 0.15) is 34.8 Å². The van der Waals surface area contributed by atoms with E-state index in [1.165, 1.54) is 5.56 Å². The third-order valence-corrected chi connectivity index (χ3v) is 5.64. The molecule has 3 amide bonds. The number of hydrogen-bond acceptors (Lipinski definition) is 4. The Labute approximate surface area is 190 Å². The Morgan fingerprint density at radius 1 is 0.875 bits per heavy atom. The topological polar surface area (TPSA) is 73.0 Å². The van der Waals surface area contributed by atoms with Gasteiger partial charge in [0.1, 0.15) is 0 Å². The smallest absolute Gasteiger partial charge is 0.251 e. The minimum atomic E-state index is -0.174. The van der Waals surface area contributed by atoms with Gasteiger partial charge in [0, 0.05) is 64.7 Å². The van der Waals surface area contributed by atoms with E-state index < -0.39 is 0 Å². The van der Waals surface area contributed by atoms with E-state index in [0.717, 1.165) is 18.7 Å². The molecule has 32 heavy (non-hydrogen) atoms. The fraction of sp³-hybridized carbons (Fsp3) is 0.400. The Kier molecular flexibility index (Phi) is 8.39. The molecule has 1 fully saturated rings. The minimum absolute atomic E-state index is 0.00443. The summed E-state index contributed by atoms with van der Waals surface area (Å²) >= 11 is 0. The summed E-state index contributed by atoms with van der Waals surface area (Å²) in [7, 11) is 2.06. The predicted molar refractivity (Wildman–Crippen MR) is 124 cm³/mol. The quantitative estimate of drug-likeness (QED) is 0.688. The van der Waals surface area contributed by atoms with Crippen LogP contribution < -0.4 is 5.32 Å². The van der Waals surface area contributed by atoms with Gasteiger partial charge in [-0.05, 0) is 30.3 Å². The lowest BCUT2D eigenvalue weighted by Gasteiger charge is -2.34. The molecule has 7 nitrogen and oxygen atoms in total. The van der Waals surface area contributed by atoms with Crippen LogP contribution in [0.25, 0.3) is 0 Å². The monoisotopic (exact) mass is 436 g/mol. The summed E-state index contributed by atoms with van der Waals surface area (Å²) in [5, 5.41) is 2.85. The molecule has 0 saturated carbocycles. The van der Waals surface area contributed by atoms with Crippen molar-refractivity contribution in [2.75, 3.05) is 39.8 Å². The Balaban J connectivity index is 1.43. The molecular formula is C25H32N4O3. The van der Waals surface area contributed by atoms with E-state index in [9.17, 15) is 14.4 Å². The van der Waals surface area contributed by atoms with Crippen LogP contribution in [0.15, 0.2) is 54.6 Å². The molecule has 170 valence electrons. The lowest BCUT2D eigenvalue weighted by molar-refractivity contribution is -0.138. The number of nitrogens with zero attached hydrogens (tertiary/aromatic N) is 3. The molecule has 2 aromatic rings. The molecule has 2 aromatic carbocycles. The number of benzene rings is 2. The summed E-state index contributed by atoms with van der Waals surface area (Å²) in [5.41, 5.74) is 2.91. The molecule has 7 heteroatoms. The van der Waals surface area contributed by atoms with Crippen LogP contribution >= 0.6 is 0 Å². The van der Waals surface area contributed by atoms with Crippen molar-refractivity contribution in [2.45, 2.75) is 26.4 Å². The normalized spacial score (nSPS) is 13.8. The summed E-state index contributed by atoms with van der Waals surface area (Å²) in [5.74, 6) is -0.130. The maximum Gasteiger partial charge on any atom is 0.251 e. The van der Waals surface area contributed by atoms with Crippen LogP contribution in [0.3, 0.4) is 0 Å². The summed E-state index contributed by atoms with van der Waals surface area (Å²) in [6.45, 7) is 5.64.